The first-order chi connectivity index (χ1) is 15.8. The molecule has 2 aromatic carbocycles. The van der Waals surface area contributed by atoms with Gasteiger partial charge in [-0.25, -0.2) is 22.5 Å². The Hall–Kier alpha value is -2.78. The van der Waals surface area contributed by atoms with Crippen LogP contribution in [0.4, 0.5) is 16.2 Å². The van der Waals surface area contributed by atoms with Crippen LogP contribution in [0.15, 0.2) is 53.4 Å². The largest absolute Gasteiger partial charge is 0.362 e. The van der Waals surface area contributed by atoms with Crippen molar-refractivity contribution in [3.8, 4) is 0 Å². The maximum absolute atomic E-state index is 13.1. The van der Waals surface area contributed by atoms with Gasteiger partial charge in [0.25, 0.3) is 0 Å². The molecule has 0 amide bonds. The van der Waals surface area contributed by atoms with Gasteiger partial charge >= 0.3 is 0 Å². The van der Waals surface area contributed by atoms with E-state index in [4.69, 9.17) is 4.98 Å². The summed E-state index contributed by atoms with van der Waals surface area (Å²) in [5, 5.41) is 4.43. The van der Waals surface area contributed by atoms with Gasteiger partial charge in [0, 0.05) is 32.6 Å². The number of halogens is 1. The number of anilines is 2. The molecule has 3 aromatic rings. The van der Waals surface area contributed by atoms with Gasteiger partial charge in [-0.3, -0.25) is 0 Å². The Morgan fingerprint density at radius 2 is 1.58 bits per heavy atom. The summed E-state index contributed by atoms with van der Waals surface area (Å²) in [7, 11) is 0.338. The fourth-order valence-electron chi connectivity index (χ4n) is 4.28. The van der Waals surface area contributed by atoms with E-state index in [1.54, 1.807) is 0 Å². The van der Waals surface area contributed by atoms with Gasteiger partial charge < -0.3 is 10.2 Å². The molecule has 7 nitrogen and oxygen atoms in total. The van der Waals surface area contributed by atoms with Crippen LogP contribution >= 0.6 is 0 Å². The van der Waals surface area contributed by atoms with Gasteiger partial charge in [-0.1, -0.05) is 12.1 Å². The SMILES string of the molecule is CN(C)c1nc(NCC2CCC(CNS(=O)(=O)c3ccc(F)cc3)CC2)nc2ccccc12. The zero-order valence-corrected chi connectivity index (χ0v) is 19.8. The standard InChI is InChI=1S/C24H30FN5O2S/c1-30(2)23-21-5-3-4-6-22(21)28-24(29-23)26-15-17-7-9-18(10-8-17)16-27-33(31,32)20-13-11-19(25)12-14-20/h3-6,11-14,17-18,27H,7-10,15-16H2,1-2H3,(H,26,28,29). The van der Waals surface area contributed by atoms with Gasteiger partial charge in [0.05, 0.1) is 10.4 Å². The van der Waals surface area contributed by atoms with Crippen LogP contribution in [0, 0.1) is 17.7 Å². The number of hydrogen-bond donors (Lipinski definition) is 2. The number of nitrogens with zero attached hydrogens (tertiary/aromatic N) is 3. The molecule has 33 heavy (non-hydrogen) atoms. The molecule has 0 spiro atoms. The van der Waals surface area contributed by atoms with Crippen LogP contribution in [-0.2, 0) is 10.0 Å². The molecular formula is C24H30FN5O2S. The van der Waals surface area contributed by atoms with Gasteiger partial charge in [-0.15, -0.1) is 0 Å². The van der Waals surface area contributed by atoms with Crippen LogP contribution in [0.3, 0.4) is 0 Å². The molecule has 0 aliphatic heterocycles. The lowest BCUT2D eigenvalue weighted by atomic mass is 9.82. The number of aromatic nitrogens is 2. The van der Waals surface area contributed by atoms with Gasteiger partial charge in [0.1, 0.15) is 11.6 Å². The molecule has 1 fully saturated rings. The normalized spacial score (nSPS) is 18.9. The van der Waals surface area contributed by atoms with Crippen LogP contribution in [0.5, 0.6) is 0 Å². The average molecular weight is 472 g/mol. The van der Waals surface area contributed by atoms with Crippen LogP contribution in [0.1, 0.15) is 25.7 Å². The Bertz CT molecular complexity index is 1190. The van der Waals surface area contributed by atoms with Crippen molar-refractivity contribution in [2.45, 2.75) is 30.6 Å². The van der Waals surface area contributed by atoms with E-state index in [2.05, 4.69) is 15.0 Å². The van der Waals surface area contributed by atoms with E-state index in [0.717, 1.165) is 61.1 Å². The third kappa shape index (κ3) is 5.78. The zero-order valence-electron chi connectivity index (χ0n) is 19.0. The van der Waals surface area contributed by atoms with Crippen molar-refractivity contribution in [1.29, 1.82) is 0 Å². The van der Waals surface area contributed by atoms with E-state index < -0.39 is 15.8 Å². The van der Waals surface area contributed by atoms with Gasteiger partial charge in [0.15, 0.2) is 0 Å². The summed E-state index contributed by atoms with van der Waals surface area (Å²) >= 11 is 0. The average Bonchev–Trinajstić information content (AvgIpc) is 2.82. The number of rotatable bonds is 8. The van der Waals surface area contributed by atoms with E-state index in [1.807, 2.05) is 43.3 Å². The monoisotopic (exact) mass is 471 g/mol. The summed E-state index contributed by atoms with van der Waals surface area (Å²) in [5.41, 5.74) is 0.913. The molecule has 0 bridgehead atoms. The van der Waals surface area contributed by atoms with E-state index in [9.17, 15) is 12.8 Å². The van der Waals surface area contributed by atoms with Crippen molar-refractivity contribution in [3.05, 3.63) is 54.3 Å². The Morgan fingerprint density at radius 1 is 0.939 bits per heavy atom. The van der Waals surface area contributed by atoms with E-state index >= 15 is 0 Å². The van der Waals surface area contributed by atoms with E-state index in [0.29, 0.717) is 24.3 Å². The summed E-state index contributed by atoms with van der Waals surface area (Å²) in [6.45, 7) is 1.19. The summed E-state index contributed by atoms with van der Waals surface area (Å²) in [6, 6.07) is 12.9. The van der Waals surface area contributed by atoms with Crippen LogP contribution < -0.4 is 14.9 Å². The minimum atomic E-state index is -3.61. The second kappa shape index (κ2) is 10.0. The predicted octanol–water partition coefficient (Wildman–Crippen LogP) is 4.03. The van der Waals surface area contributed by atoms with Gasteiger partial charge in [-0.05, 0) is 73.9 Å². The molecule has 1 saturated carbocycles. The maximum Gasteiger partial charge on any atom is 0.240 e. The Balaban J connectivity index is 1.28. The molecule has 9 heteroatoms. The highest BCUT2D eigenvalue weighted by atomic mass is 32.2. The van der Waals surface area contributed by atoms with Crippen molar-refractivity contribution in [2.24, 2.45) is 11.8 Å². The first kappa shape index (κ1) is 23.4. The maximum atomic E-state index is 13.1. The number of para-hydroxylation sites is 1. The van der Waals surface area contributed by atoms with Gasteiger partial charge in [-0.2, -0.15) is 4.98 Å². The lowest BCUT2D eigenvalue weighted by Gasteiger charge is -2.28. The second-order valence-corrected chi connectivity index (χ2v) is 10.6. The van der Waals surface area contributed by atoms with Crippen molar-refractivity contribution >= 4 is 32.7 Å². The fourth-order valence-corrected chi connectivity index (χ4v) is 5.40. The second-order valence-electron chi connectivity index (χ2n) is 8.86. The number of hydrogen-bond acceptors (Lipinski definition) is 6. The highest BCUT2D eigenvalue weighted by Crippen LogP contribution is 2.29. The molecule has 1 aliphatic carbocycles. The molecule has 0 atom stereocenters. The fraction of sp³-hybridized carbons (Fsp3) is 0.417. The van der Waals surface area contributed by atoms with Crippen LogP contribution in [0.2, 0.25) is 0 Å². The third-order valence-electron chi connectivity index (χ3n) is 6.21. The number of fused-ring (bicyclic) bond motifs is 1. The van der Waals surface area contributed by atoms with Crippen molar-refractivity contribution < 1.29 is 12.8 Å². The Morgan fingerprint density at radius 3 is 2.24 bits per heavy atom. The smallest absolute Gasteiger partial charge is 0.240 e. The van der Waals surface area contributed by atoms with Crippen LogP contribution in [0.25, 0.3) is 10.9 Å². The molecule has 2 N–H and O–H groups in total. The van der Waals surface area contributed by atoms with E-state index in [-0.39, 0.29) is 4.90 Å². The summed E-state index contributed by atoms with van der Waals surface area (Å²) in [4.78, 5) is 11.4. The first-order valence-electron chi connectivity index (χ1n) is 11.2. The molecule has 1 aliphatic rings. The molecule has 0 saturated heterocycles. The molecule has 176 valence electrons. The molecular weight excluding hydrogens is 441 g/mol. The lowest BCUT2D eigenvalue weighted by Crippen LogP contribution is -2.32. The van der Waals surface area contributed by atoms with Crippen molar-refractivity contribution in [2.75, 3.05) is 37.4 Å². The molecule has 1 heterocycles. The molecule has 0 unspecified atom stereocenters. The zero-order chi connectivity index (χ0) is 23.4. The highest BCUT2D eigenvalue weighted by molar-refractivity contribution is 7.89. The third-order valence-corrected chi connectivity index (χ3v) is 7.65. The number of sulfonamides is 1. The minimum Gasteiger partial charge on any atom is -0.362 e. The summed E-state index contributed by atoms with van der Waals surface area (Å²) in [6.07, 6.45) is 3.95. The van der Waals surface area contributed by atoms with Crippen LogP contribution in [-0.4, -0.2) is 45.6 Å². The molecule has 1 aromatic heterocycles. The summed E-state index contributed by atoms with van der Waals surface area (Å²) in [5.74, 6) is 1.86. The van der Waals surface area contributed by atoms with Gasteiger partial charge in [0.2, 0.25) is 16.0 Å². The molecule has 4 rings (SSSR count). The Labute approximate surface area is 194 Å². The minimum absolute atomic E-state index is 0.0919. The van der Waals surface area contributed by atoms with Crippen molar-refractivity contribution in [3.63, 3.8) is 0 Å². The lowest BCUT2D eigenvalue weighted by molar-refractivity contribution is 0.284. The Kier molecular flexibility index (Phi) is 7.09. The highest BCUT2D eigenvalue weighted by Gasteiger charge is 2.23. The number of benzene rings is 2. The number of nitrogens with one attached hydrogen (secondary N) is 2. The van der Waals surface area contributed by atoms with Crippen molar-refractivity contribution in [1.82, 2.24) is 14.7 Å². The molecule has 0 radical (unpaired) electrons. The predicted molar refractivity (Wildman–Crippen MR) is 129 cm³/mol. The summed E-state index contributed by atoms with van der Waals surface area (Å²) < 4.78 is 40.6. The quantitative estimate of drug-likeness (QED) is 0.516. The first-order valence-corrected chi connectivity index (χ1v) is 12.7. The topological polar surface area (TPSA) is 87.2 Å². The van der Waals surface area contributed by atoms with E-state index in [1.165, 1.54) is 12.1 Å².